The van der Waals surface area contributed by atoms with Crippen molar-refractivity contribution in [1.29, 1.82) is 5.41 Å². The fraction of sp³-hybridized carbons (Fsp3) is 0.0667. The number of hydrogen-bond acceptors (Lipinski definition) is 4. The molecule has 0 aliphatic rings. The maximum atomic E-state index is 12.2. The van der Waals surface area contributed by atoms with Crippen molar-refractivity contribution in [3.05, 3.63) is 47.5 Å². The molecule has 2 aromatic heterocycles. The number of hydrogen-bond donors (Lipinski definition) is 3. The first-order valence-electron chi connectivity index (χ1n) is 6.51. The van der Waals surface area contributed by atoms with E-state index in [4.69, 9.17) is 15.9 Å². The highest BCUT2D eigenvalue weighted by atomic mass is 32.1. The number of carbonyl (C=O) groups is 1. The second kappa shape index (κ2) is 5.53. The molecule has 0 saturated carbocycles. The highest BCUT2D eigenvalue weighted by Gasteiger charge is 2.17. The number of aromatic nitrogens is 1. The van der Waals surface area contributed by atoms with Crippen LogP contribution in [0.3, 0.4) is 0 Å². The lowest BCUT2D eigenvalue weighted by atomic mass is 10.2. The second-order valence-corrected chi connectivity index (χ2v) is 5.60. The molecule has 0 radical (unpaired) electrons. The third-order valence-electron chi connectivity index (χ3n) is 3.22. The molecule has 0 aliphatic carbocycles. The first-order chi connectivity index (χ1) is 10.6. The van der Waals surface area contributed by atoms with Crippen LogP contribution in [0.1, 0.15) is 10.5 Å². The van der Waals surface area contributed by atoms with Crippen molar-refractivity contribution >= 4 is 34.1 Å². The molecule has 0 fully saturated rings. The van der Waals surface area contributed by atoms with Crippen molar-refractivity contribution < 1.29 is 9.53 Å². The number of carbonyl (C=O) groups excluding carboxylic acids is 1. The van der Waals surface area contributed by atoms with Crippen LogP contribution in [0.5, 0.6) is 10.8 Å². The normalized spacial score (nSPS) is 10.6. The zero-order chi connectivity index (χ0) is 15.7. The van der Waals surface area contributed by atoms with E-state index < -0.39 is 0 Å². The molecule has 6 nitrogen and oxygen atoms in total. The Hall–Kier alpha value is -2.80. The first kappa shape index (κ1) is 14.2. The predicted octanol–water partition coefficient (Wildman–Crippen LogP) is 2.99. The van der Waals surface area contributed by atoms with Crippen LogP contribution >= 0.6 is 11.3 Å². The molecular weight excluding hydrogens is 300 g/mol. The zero-order valence-corrected chi connectivity index (χ0v) is 12.6. The molecule has 1 amide bonds. The van der Waals surface area contributed by atoms with E-state index in [1.165, 1.54) is 18.4 Å². The Morgan fingerprint density at radius 1 is 1.36 bits per heavy atom. The van der Waals surface area contributed by atoms with Gasteiger partial charge in [-0.2, -0.15) is 0 Å². The van der Waals surface area contributed by atoms with Crippen molar-refractivity contribution in [2.45, 2.75) is 0 Å². The van der Waals surface area contributed by atoms with Crippen LogP contribution < -0.4 is 10.5 Å². The van der Waals surface area contributed by atoms with Gasteiger partial charge in [-0.15, -0.1) is 11.3 Å². The summed E-state index contributed by atoms with van der Waals surface area (Å²) >= 11 is 1.49. The van der Waals surface area contributed by atoms with Crippen molar-refractivity contribution in [3.63, 3.8) is 0 Å². The number of nitrogens with one attached hydrogen (secondary N) is 2. The van der Waals surface area contributed by atoms with Gasteiger partial charge in [-0.25, -0.2) is 0 Å². The fourth-order valence-electron chi connectivity index (χ4n) is 2.05. The third kappa shape index (κ3) is 2.53. The molecular formula is C15H14N4O2S. The summed E-state index contributed by atoms with van der Waals surface area (Å²) in [5, 5.41) is 10.9. The Bertz CT molecular complexity index is 838. The van der Waals surface area contributed by atoms with Gasteiger partial charge >= 0.3 is 0 Å². The van der Waals surface area contributed by atoms with Gasteiger partial charge in [0, 0.05) is 12.4 Å². The molecule has 0 bridgehead atoms. The number of nitrogens with zero attached hydrogens (tertiary/aromatic N) is 1. The first-order valence-corrected chi connectivity index (χ1v) is 7.39. The van der Waals surface area contributed by atoms with Crippen molar-refractivity contribution in [1.82, 2.24) is 9.88 Å². The van der Waals surface area contributed by atoms with Gasteiger partial charge in [0.15, 0.2) is 16.8 Å². The predicted molar refractivity (Wildman–Crippen MR) is 86.7 cm³/mol. The standard InChI is InChI=1S/C15H14N4O2S/c1-19(15(16)17)14(20)10-8-9-4-2-5-11(13(9)18-10)21-12-6-3-7-22-12/h2-8,18H,1H3,(H3,16,17). The van der Waals surface area contributed by atoms with Gasteiger partial charge in [-0.3, -0.25) is 15.1 Å². The van der Waals surface area contributed by atoms with Crippen molar-refractivity contribution in [2.24, 2.45) is 5.73 Å². The van der Waals surface area contributed by atoms with Gasteiger partial charge in [0.2, 0.25) is 0 Å². The number of guanidine groups is 1. The molecule has 0 atom stereocenters. The van der Waals surface area contributed by atoms with Crippen LogP contribution in [0, 0.1) is 5.41 Å². The summed E-state index contributed by atoms with van der Waals surface area (Å²) in [7, 11) is 1.46. The number of nitrogens with two attached hydrogens (primary N) is 1. The summed E-state index contributed by atoms with van der Waals surface area (Å²) in [5.41, 5.74) is 6.43. The van der Waals surface area contributed by atoms with Crippen molar-refractivity contribution in [2.75, 3.05) is 7.05 Å². The Labute approximate surface area is 130 Å². The van der Waals surface area contributed by atoms with E-state index in [9.17, 15) is 4.79 Å². The highest BCUT2D eigenvalue weighted by molar-refractivity contribution is 7.11. The number of aromatic amines is 1. The second-order valence-electron chi connectivity index (χ2n) is 4.69. The Morgan fingerprint density at radius 3 is 2.86 bits per heavy atom. The molecule has 22 heavy (non-hydrogen) atoms. The number of thiophene rings is 1. The lowest BCUT2D eigenvalue weighted by molar-refractivity contribution is 0.0864. The molecule has 2 heterocycles. The molecule has 0 saturated heterocycles. The Balaban J connectivity index is 1.99. The molecule has 112 valence electrons. The molecule has 0 spiro atoms. The summed E-state index contributed by atoms with van der Waals surface area (Å²) in [6, 6.07) is 11.1. The maximum Gasteiger partial charge on any atom is 0.276 e. The number of ether oxygens (including phenoxy) is 1. The molecule has 3 rings (SSSR count). The summed E-state index contributed by atoms with van der Waals surface area (Å²) in [4.78, 5) is 16.3. The summed E-state index contributed by atoms with van der Waals surface area (Å²) in [5.74, 6) is -0.0334. The molecule has 1 aromatic carbocycles. The Kier molecular flexibility index (Phi) is 3.56. The van der Waals surface area contributed by atoms with E-state index in [0.717, 1.165) is 20.9 Å². The van der Waals surface area contributed by atoms with E-state index in [0.29, 0.717) is 11.4 Å². The minimum atomic E-state index is -0.370. The Morgan fingerprint density at radius 2 is 2.18 bits per heavy atom. The number of para-hydroxylation sites is 1. The SMILES string of the molecule is CN(C(=N)N)C(=O)c1cc2cccc(Oc3cccs3)c2[nH]1. The number of rotatable bonds is 3. The highest BCUT2D eigenvalue weighted by Crippen LogP contribution is 2.32. The van der Waals surface area contributed by atoms with Gasteiger partial charge in [0.05, 0.1) is 5.52 Å². The van der Waals surface area contributed by atoms with Gasteiger partial charge in [-0.1, -0.05) is 12.1 Å². The number of fused-ring (bicyclic) bond motifs is 1. The smallest absolute Gasteiger partial charge is 0.276 e. The largest absolute Gasteiger partial charge is 0.444 e. The third-order valence-corrected chi connectivity index (χ3v) is 3.96. The van der Waals surface area contributed by atoms with E-state index in [-0.39, 0.29) is 11.9 Å². The van der Waals surface area contributed by atoms with E-state index >= 15 is 0 Å². The van der Waals surface area contributed by atoms with E-state index in [1.54, 1.807) is 6.07 Å². The van der Waals surface area contributed by atoms with Gasteiger partial charge in [0.1, 0.15) is 5.69 Å². The van der Waals surface area contributed by atoms with Crippen LogP contribution in [-0.2, 0) is 0 Å². The minimum Gasteiger partial charge on any atom is -0.444 e. The van der Waals surface area contributed by atoms with Gasteiger partial charge in [0.25, 0.3) is 5.91 Å². The van der Waals surface area contributed by atoms with E-state index in [1.807, 2.05) is 35.7 Å². The van der Waals surface area contributed by atoms with Crippen LogP contribution in [0.4, 0.5) is 0 Å². The number of benzene rings is 1. The molecule has 0 aliphatic heterocycles. The topological polar surface area (TPSA) is 95.2 Å². The fourth-order valence-corrected chi connectivity index (χ4v) is 2.63. The molecule has 7 heteroatoms. The van der Waals surface area contributed by atoms with Crippen LogP contribution in [0.2, 0.25) is 0 Å². The van der Waals surface area contributed by atoms with Gasteiger partial charge < -0.3 is 15.5 Å². The number of H-pyrrole nitrogens is 1. The molecule has 4 N–H and O–H groups in total. The summed E-state index contributed by atoms with van der Waals surface area (Å²) in [6.07, 6.45) is 0. The maximum absolute atomic E-state index is 12.2. The quantitative estimate of drug-likeness (QED) is 0.512. The minimum absolute atomic E-state index is 0.307. The van der Waals surface area contributed by atoms with Crippen LogP contribution in [0.15, 0.2) is 41.8 Å². The zero-order valence-electron chi connectivity index (χ0n) is 11.8. The lowest BCUT2D eigenvalue weighted by Crippen LogP contribution is -2.38. The number of amides is 1. The summed E-state index contributed by atoms with van der Waals surface area (Å²) < 4.78 is 5.83. The monoisotopic (exact) mass is 314 g/mol. The van der Waals surface area contributed by atoms with Crippen LogP contribution in [-0.4, -0.2) is 28.8 Å². The molecule has 3 aromatic rings. The average molecular weight is 314 g/mol. The van der Waals surface area contributed by atoms with E-state index in [2.05, 4.69) is 4.98 Å². The van der Waals surface area contributed by atoms with Gasteiger partial charge in [-0.05, 0) is 29.6 Å². The average Bonchev–Trinajstić information content (AvgIpc) is 3.14. The lowest BCUT2D eigenvalue weighted by Gasteiger charge is -2.12. The van der Waals surface area contributed by atoms with Crippen molar-refractivity contribution in [3.8, 4) is 10.8 Å². The molecule has 0 unspecified atom stereocenters. The summed E-state index contributed by atoms with van der Waals surface area (Å²) in [6.45, 7) is 0. The van der Waals surface area contributed by atoms with Crippen LogP contribution in [0.25, 0.3) is 10.9 Å².